The number of piperidine rings is 1. The van der Waals surface area contributed by atoms with Gasteiger partial charge in [-0.1, -0.05) is 42.5 Å². The minimum Gasteiger partial charge on any atom is -0.482 e. The number of carbonyl (C=O) groups is 3. The number of aromatic nitrogens is 14. The van der Waals surface area contributed by atoms with Crippen LogP contribution in [0.15, 0.2) is 190 Å². The summed E-state index contributed by atoms with van der Waals surface area (Å²) in [5.41, 5.74) is 12.5. The number of anilines is 11. The van der Waals surface area contributed by atoms with Gasteiger partial charge in [0.05, 0.1) is 65.6 Å². The third-order valence-electron chi connectivity index (χ3n) is 26.3. The molecule has 0 radical (unpaired) electrons. The number of aromatic amines is 1. The zero-order valence-electron chi connectivity index (χ0n) is 73.3. The number of amides is 3. The normalized spacial score (nSPS) is 17.5. The highest BCUT2D eigenvalue weighted by molar-refractivity contribution is 7.18. The first-order chi connectivity index (χ1) is 64.6. The van der Waals surface area contributed by atoms with Crippen LogP contribution in [0.25, 0.3) is 81.2 Å². The van der Waals surface area contributed by atoms with Gasteiger partial charge in [0.2, 0.25) is 23.7 Å². The summed E-state index contributed by atoms with van der Waals surface area (Å²) in [6.45, 7) is 13.4. The van der Waals surface area contributed by atoms with Crippen molar-refractivity contribution in [1.29, 1.82) is 0 Å². The van der Waals surface area contributed by atoms with Crippen molar-refractivity contribution in [3.05, 3.63) is 212 Å². The smallest absolute Gasteiger partial charge is 0.278 e. The van der Waals surface area contributed by atoms with Gasteiger partial charge in [-0.3, -0.25) is 28.8 Å². The summed E-state index contributed by atoms with van der Waals surface area (Å²) in [5, 5.41) is 19.6. The number of rotatable bonds is 9. The Kier molecular flexibility index (Phi) is 22.2. The highest BCUT2D eigenvalue weighted by Gasteiger charge is 2.34. The molecule has 132 heavy (non-hydrogen) atoms. The topological polar surface area (TPSA) is 328 Å². The molecular formula is C96H97N25O9S2. The van der Waals surface area contributed by atoms with Crippen LogP contribution in [0.1, 0.15) is 62.8 Å². The van der Waals surface area contributed by atoms with E-state index in [1.165, 1.54) is 55.3 Å². The average Bonchev–Trinajstić information content (AvgIpc) is 1.60. The Morgan fingerprint density at radius 2 is 0.818 bits per heavy atom. The predicted octanol–water partition coefficient (Wildman–Crippen LogP) is 12.8. The van der Waals surface area contributed by atoms with Crippen molar-refractivity contribution in [3.63, 3.8) is 0 Å². The number of likely N-dealkylation sites (N-methyl/N-ethyl adjacent to an activating group) is 2. The molecule has 6 bridgehead atoms. The van der Waals surface area contributed by atoms with Gasteiger partial charge < -0.3 is 74.3 Å². The van der Waals surface area contributed by atoms with E-state index >= 15 is 0 Å². The van der Waals surface area contributed by atoms with Crippen molar-refractivity contribution in [3.8, 4) is 34.4 Å². The molecule has 15 aromatic rings. The number of hydrogen-bond donors (Lipinski definition) is 4. The Hall–Kier alpha value is -14.3. The fourth-order valence-electron chi connectivity index (χ4n) is 19.1. The number of piperazine rings is 2. The van der Waals surface area contributed by atoms with Crippen LogP contribution < -0.4 is 71.3 Å². The van der Waals surface area contributed by atoms with Crippen LogP contribution in [0, 0.1) is 0 Å². The van der Waals surface area contributed by atoms with Gasteiger partial charge in [0.1, 0.15) is 33.3 Å². The maximum Gasteiger partial charge on any atom is 0.278 e. The molecular weight excluding hydrogens is 1710 g/mol. The van der Waals surface area contributed by atoms with Crippen molar-refractivity contribution in [1.82, 2.24) is 82.7 Å². The van der Waals surface area contributed by atoms with Crippen molar-refractivity contribution in [2.45, 2.75) is 76.9 Å². The van der Waals surface area contributed by atoms with Gasteiger partial charge in [-0.15, -0.1) is 22.7 Å². The lowest BCUT2D eigenvalue weighted by molar-refractivity contribution is -0.122. The molecule has 5 aromatic carbocycles. The second-order valence-corrected chi connectivity index (χ2v) is 36.6. The zero-order valence-corrected chi connectivity index (χ0v) is 74.9. The van der Waals surface area contributed by atoms with E-state index in [-0.39, 0.29) is 54.2 Å². The van der Waals surface area contributed by atoms with Crippen LogP contribution >= 0.6 is 22.7 Å². The van der Waals surface area contributed by atoms with E-state index in [9.17, 15) is 28.8 Å². The summed E-state index contributed by atoms with van der Waals surface area (Å²) >= 11 is 3.51. The van der Waals surface area contributed by atoms with Crippen molar-refractivity contribution in [2.24, 2.45) is 0 Å². The number of nitrogens with one attached hydrogen (secondary N) is 4. The number of benzene rings is 5. The molecule has 9 aliphatic heterocycles. The van der Waals surface area contributed by atoms with Crippen molar-refractivity contribution < 1.29 is 28.6 Å². The molecule has 24 rings (SSSR count). The van der Waals surface area contributed by atoms with Crippen LogP contribution in [0.5, 0.6) is 17.4 Å². The Morgan fingerprint density at radius 1 is 0.386 bits per heavy atom. The lowest BCUT2D eigenvalue weighted by atomic mass is 9.89. The maximum atomic E-state index is 13.6. The number of likely N-dealkylation sites (tertiary alicyclic amines) is 1. The highest BCUT2D eigenvalue weighted by atomic mass is 32.1. The van der Waals surface area contributed by atoms with E-state index < -0.39 is 0 Å². The standard InChI is InChI=1S/C33H33N7O3S.C32H33N9O3.C31H31N9O3S/c1-37-14-10-21(11-15-37)26-20-44-29-16-22(6-8-24(26)29)35-33-34-18-25-31(36-33)40-23-7-9-28-27(17-23)38(30(41)19-43-28)12-4-2-3-5-13-39(40)32(25)42;1-37-12-14-38(15-13-37)27-19-33-25-16-21(6-8-23(25)27)35-32-34-18-24-30(36-32)41-22-7-9-28-26(17-22)39(29(42)20-44-28)10-4-2-3-5-11-40(41)31(24)43;1-36-10-12-37(13-11-36)25-19-44-26-14-20(6-7-22(25)26)34-31-33-17-23-28(35-31)40-21-15-24-29(32-16-21)43-18-27(41)38(24)8-4-2-3-5-9-39(40)30(23)42/h3,5-9,16-18,20-21H,2,4,10-15,19H2,1H3,(H,34,35,36);3,5-9,16-19,33H,2,4,10-15,20H2,1H3,(H,34,35,36);3,5-7,14-17,19H,2,4,8-13,18H2,1H3,(H,33,34,35). The monoisotopic (exact) mass is 1810 g/mol. The minimum atomic E-state index is -0.202. The number of pyridine rings is 1. The predicted molar refractivity (Wildman–Crippen MR) is 517 cm³/mol. The molecule has 34 nitrogen and oxygen atoms in total. The summed E-state index contributed by atoms with van der Waals surface area (Å²) in [6.07, 6.45) is 27.8. The SMILES string of the molecule is CN1CCC(c2csc3cc(Nc4ncc5c(=O)n6n(c5n4)-c4ccc5c(c4)N(CCCC=CC6)C(=O)CO5)ccc23)CC1.CN1CCN(c2c[nH]c3cc(Nc4ncc5c(=O)n6n(c5n4)-c4ccc5c(c4)N(CCCC=CC6)C(=O)CO5)ccc23)CC1.CN1CCN(c2csc3cc(Nc4ncc5c(=O)n6n(c5n4)-c4cnc5c(c4)N(CCCC=CC6)C(=O)CO5)ccc23)CC1. The molecule has 3 fully saturated rings. The van der Waals surface area contributed by atoms with E-state index in [1.807, 2.05) is 88.3 Å². The molecule has 0 aliphatic carbocycles. The molecule has 3 saturated heterocycles. The molecule has 19 heterocycles. The lowest BCUT2D eigenvalue weighted by Gasteiger charge is -2.33. The van der Waals surface area contributed by atoms with Gasteiger partial charge in [-0.25, -0.2) is 48.0 Å². The Morgan fingerprint density at radius 3 is 1.33 bits per heavy atom. The van der Waals surface area contributed by atoms with E-state index in [0.717, 1.165) is 132 Å². The van der Waals surface area contributed by atoms with Gasteiger partial charge in [0.25, 0.3) is 34.4 Å². The number of thiophene rings is 2. The second kappa shape index (κ2) is 35.2. The number of carbonyl (C=O) groups excluding carboxylic acids is 3. The minimum absolute atomic E-state index is 0.0209. The van der Waals surface area contributed by atoms with Crippen LogP contribution in [-0.4, -0.2) is 226 Å². The first-order valence-electron chi connectivity index (χ1n) is 45.1. The van der Waals surface area contributed by atoms with E-state index in [2.05, 4.69) is 158 Å². The molecule has 672 valence electrons. The largest absolute Gasteiger partial charge is 0.482 e. The third-order valence-corrected chi connectivity index (χ3v) is 28.2. The third kappa shape index (κ3) is 15.9. The Balaban J connectivity index is 0.000000116. The van der Waals surface area contributed by atoms with Gasteiger partial charge in [0.15, 0.2) is 36.8 Å². The Bertz CT molecular complexity index is 6690. The van der Waals surface area contributed by atoms with E-state index in [0.29, 0.717) is 142 Å². The van der Waals surface area contributed by atoms with Gasteiger partial charge in [-0.05, 0) is 199 Å². The van der Waals surface area contributed by atoms with Crippen molar-refractivity contribution >= 4 is 168 Å². The second-order valence-electron chi connectivity index (χ2n) is 34.8. The lowest BCUT2D eigenvalue weighted by Crippen LogP contribution is -2.44. The number of allylic oxidation sites excluding steroid dienone is 6. The van der Waals surface area contributed by atoms with Gasteiger partial charge >= 0.3 is 0 Å². The van der Waals surface area contributed by atoms with Crippen LogP contribution in [0.4, 0.5) is 63.3 Å². The first kappa shape index (κ1) is 83.3. The van der Waals surface area contributed by atoms with E-state index in [4.69, 9.17) is 29.2 Å². The maximum absolute atomic E-state index is 13.6. The number of ether oxygens (including phenoxy) is 3. The van der Waals surface area contributed by atoms with Gasteiger partial charge in [-0.2, -0.15) is 15.0 Å². The fraction of sp³-hybridized carbons (Fsp3) is 0.323. The highest BCUT2D eigenvalue weighted by Crippen LogP contribution is 2.43. The molecule has 0 unspecified atom stereocenters. The summed E-state index contributed by atoms with van der Waals surface area (Å²) in [4.78, 5) is 132. The number of H-pyrrole nitrogens is 1. The number of hydrogen-bond acceptors (Lipinski definition) is 26. The molecule has 10 aromatic heterocycles. The first-order valence-corrected chi connectivity index (χ1v) is 46.9. The zero-order chi connectivity index (χ0) is 89.4. The van der Waals surface area contributed by atoms with E-state index in [1.54, 1.807) is 80.9 Å². The van der Waals surface area contributed by atoms with Crippen LogP contribution in [0.3, 0.4) is 0 Å². The summed E-state index contributed by atoms with van der Waals surface area (Å²) in [5.74, 6) is 3.23. The molecule has 0 atom stereocenters. The van der Waals surface area contributed by atoms with Crippen LogP contribution in [0.2, 0.25) is 0 Å². The fourth-order valence-corrected chi connectivity index (χ4v) is 21.2. The number of fused-ring (bicyclic) bond motifs is 18. The van der Waals surface area contributed by atoms with Crippen molar-refractivity contribution in [2.75, 3.05) is 166 Å². The Labute approximate surface area is 764 Å². The van der Waals surface area contributed by atoms with Crippen LogP contribution in [-0.2, 0) is 34.0 Å². The quantitative estimate of drug-likeness (QED) is 0.0975. The molecule has 0 spiro atoms. The summed E-state index contributed by atoms with van der Waals surface area (Å²) in [6, 6.07) is 32.1. The molecule has 36 heteroatoms. The molecule has 4 N–H and O–H groups in total. The molecule has 0 saturated carbocycles. The molecule has 3 amide bonds. The summed E-state index contributed by atoms with van der Waals surface area (Å²) < 4.78 is 29.8. The van der Waals surface area contributed by atoms with Gasteiger partial charge in [0, 0.05) is 145 Å². The molecule has 9 aliphatic rings. The number of nitrogens with zero attached hydrogens (tertiary/aromatic N) is 21. The average molecular weight is 1810 g/mol. The summed E-state index contributed by atoms with van der Waals surface area (Å²) in [7, 11) is 6.52.